The first-order valence-electron chi connectivity index (χ1n) is 5.45. The summed E-state index contributed by atoms with van der Waals surface area (Å²) < 4.78 is 32.1. The third-order valence-corrected chi connectivity index (χ3v) is 2.39. The van der Waals surface area contributed by atoms with Gasteiger partial charge in [-0.25, -0.2) is 13.8 Å². The Labute approximate surface area is 108 Å². The lowest BCUT2D eigenvalue weighted by Gasteiger charge is -2.10. The van der Waals surface area contributed by atoms with Crippen molar-refractivity contribution in [2.24, 2.45) is 0 Å². The minimum absolute atomic E-state index is 0.0685. The molecule has 0 saturated heterocycles. The van der Waals surface area contributed by atoms with E-state index in [9.17, 15) is 8.78 Å². The van der Waals surface area contributed by atoms with Crippen LogP contribution in [0.4, 0.5) is 26.2 Å². The molecule has 1 aromatic heterocycles. The molecule has 0 spiro atoms. The summed E-state index contributed by atoms with van der Waals surface area (Å²) in [5, 5.41) is 5.24. The number of ether oxygens (including phenoxy) is 1. The number of methoxy groups -OCH3 is 1. The second kappa shape index (κ2) is 5.47. The average Bonchev–Trinajstić information content (AvgIpc) is 2.43. The van der Waals surface area contributed by atoms with Gasteiger partial charge in [-0.15, -0.1) is 0 Å². The number of rotatable bonds is 4. The predicted octanol–water partition coefficient (Wildman–Crippen LogP) is 2.55. The zero-order valence-electron chi connectivity index (χ0n) is 10.4. The van der Waals surface area contributed by atoms with Crippen LogP contribution in [0.2, 0.25) is 0 Å². The lowest BCUT2D eigenvalue weighted by atomic mass is 10.3. The predicted molar refractivity (Wildman–Crippen MR) is 67.8 cm³/mol. The monoisotopic (exact) mass is 266 g/mol. The van der Waals surface area contributed by atoms with Crippen LogP contribution in [0, 0.1) is 11.6 Å². The van der Waals surface area contributed by atoms with Gasteiger partial charge in [0.2, 0.25) is 5.95 Å². The van der Waals surface area contributed by atoms with E-state index in [2.05, 4.69) is 20.6 Å². The first-order valence-corrected chi connectivity index (χ1v) is 5.45. The molecule has 0 aliphatic carbocycles. The van der Waals surface area contributed by atoms with Gasteiger partial charge in [0, 0.05) is 13.1 Å². The van der Waals surface area contributed by atoms with E-state index in [0.717, 1.165) is 6.20 Å². The quantitative estimate of drug-likeness (QED) is 0.890. The largest absolute Gasteiger partial charge is 0.497 e. The normalized spacial score (nSPS) is 10.1. The summed E-state index contributed by atoms with van der Waals surface area (Å²) in [4.78, 5) is 7.57. The molecular formula is C12H12F2N4O. The molecule has 2 aromatic rings. The highest BCUT2D eigenvalue weighted by atomic mass is 19.1. The molecule has 0 radical (unpaired) electrons. The van der Waals surface area contributed by atoms with Crippen molar-refractivity contribution in [1.82, 2.24) is 9.97 Å². The fourth-order valence-corrected chi connectivity index (χ4v) is 1.43. The SMILES string of the molecule is CNc1ncc(F)c(Nc2cc(OC)ccc2F)n1. The Balaban J connectivity index is 2.35. The minimum atomic E-state index is -0.679. The van der Waals surface area contributed by atoms with Crippen molar-refractivity contribution in [3.8, 4) is 5.75 Å². The van der Waals surface area contributed by atoms with E-state index in [1.807, 2.05) is 0 Å². The Morgan fingerprint density at radius 2 is 2.00 bits per heavy atom. The van der Waals surface area contributed by atoms with E-state index >= 15 is 0 Å². The molecule has 100 valence electrons. The number of halogens is 2. The number of nitrogens with one attached hydrogen (secondary N) is 2. The van der Waals surface area contributed by atoms with Gasteiger partial charge in [0.15, 0.2) is 11.6 Å². The van der Waals surface area contributed by atoms with Gasteiger partial charge in [0.25, 0.3) is 0 Å². The van der Waals surface area contributed by atoms with Gasteiger partial charge >= 0.3 is 0 Å². The molecule has 0 aliphatic rings. The van der Waals surface area contributed by atoms with E-state index < -0.39 is 11.6 Å². The van der Waals surface area contributed by atoms with Crippen molar-refractivity contribution in [2.45, 2.75) is 0 Å². The van der Waals surface area contributed by atoms with Crippen molar-refractivity contribution >= 4 is 17.5 Å². The van der Waals surface area contributed by atoms with Gasteiger partial charge in [-0.3, -0.25) is 0 Å². The van der Waals surface area contributed by atoms with Crippen LogP contribution in [0.15, 0.2) is 24.4 Å². The highest BCUT2D eigenvalue weighted by molar-refractivity contribution is 5.60. The second-order valence-electron chi connectivity index (χ2n) is 3.61. The molecule has 0 amide bonds. The van der Waals surface area contributed by atoms with Crippen LogP contribution < -0.4 is 15.4 Å². The molecule has 0 saturated carbocycles. The van der Waals surface area contributed by atoms with Crippen molar-refractivity contribution in [1.29, 1.82) is 0 Å². The van der Waals surface area contributed by atoms with E-state index in [1.54, 1.807) is 7.05 Å². The highest BCUT2D eigenvalue weighted by Crippen LogP contribution is 2.25. The number of anilines is 3. The van der Waals surface area contributed by atoms with Gasteiger partial charge in [0.05, 0.1) is 19.0 Å². The third-order valence-electron chi connectivity index (χ3n) is 2.39. The van der Waals surface area contributed by atoms with Crippen molar-refractivity contribution in [3.63, 3.8) is 0 Å². The van der Waals surface area contributed by atoms with E-state index in [4.69, 9.17) is 4.74 Å². The Morgan fingerprint density at radius 1 is 1.21 bits per heavy atom. The maximum absolute atomic E-state index is 13.6. The molecule has 7 heteroatoms. The number of hydrogen-bond acceptors (Lipinski definition) is 5. The van der Waals surface area contributed by atoms with Gasteiger partial charge in [-0.1, -0.05) is 0 Å². The maximum atomic E-state index is 13.6. The lowest BCUT2D eigenvalue weighted by Crippen LogP contribution is -2.04. The Kier molecular flexibility index (Phi) is 3.74. The molecule has 2 rings (SSSR count). The summed E-state index contributed by atoms with van der Waals surface area (Å²) in [7, 11) is 3.06. The fraction of sp³-hybridized carbons (Fsp3) is 0.167. The highest BCUT2D eigenvalue weighted by Gasteiger charge is 2.10. The van der Waals surface area contributed by atoms with Crippen LogP contribution in [-0.4, -0.2) is 24.1 Å². The lowest BCUT2D eigenvalue weighted by molar-refractivity contribution is 0.414. The van der Waals surface area contributed by atoms with Crippen molar-refractivity contribution < 1.29 is 13.5 Å². The number of aromatic nitrogens is 2. The Hall–Kier alpha value is -2.44. The van der Waals surface area contributed by atoms with Crippen LogP contribution in [0.25, 0.3) is 0 Å². The molecule has 1 aromatic carbocycles. The summed E-state index contributed by atoms with van der Waals surface area (Å²) in [5.74, 6) is -0.656. The topological polar surface area (TPSA) is 59.1 Å². The number of nitrogens with zero attached hydrogens (tertiary/aromatic N) is 2. The zero-order valence-corrected chi connectivity index (χ0v) is 10.4. The molecule has 0 bridgehead atoms. The zero-order chi connectivity index (χ0) is 13.8. The summed E-state index contributed by atoms with van der Waals surface area (Å²) in [6, 6.07) is 4.10. The molecule has 2 N–H and O–H groups in total. The van der Waals surface area contributed by atoms with Crippen LogP contribution >= 0.6 is 0 Å². The maximum Gasteiger partial charge on any atom is 0.224 e. The van der Waals surface area contributed by atoms with Crippen LogP contribution in [0.3, 0.4) is 0 Å². The van der Waals surface area contributed by atoms with Gasteiger partial charge in [-0.05, 0) is 12.1 Å². The van der Waals surface area contributed by atoms with Gasteiger partial charge < -0.3 is 15.4 Å². The molecule has 0 unspecified atom stereocenters. The molecule has 1 heterocycles. The number of benzene rings is 1. The second-order valence-corrected chi connectivity index (χ2v) is 3.61. The first kappa shape index (κ1) is 13.0. The van der Waals surface area contributed by atoms with E-state index in [1.165, 1.54) is 25.3 Å². The Bertz CT molecular complexity index is 540. The standard InChI is InChI=1S/C12H12F2N4O/c1-15-12-16-6-9(14)11(18-12)17-10-5-7(19-2)3-4-8(10)13/h3-6H,1-2H3,(H2,15,16,17,18). The molecule has 5 nitrogen and oxygen atoms in total. The van der Waals surface area contributed by atoms with Gasteiger partial charge in [0.1, 0.15) is 11.6 Å². The number of hydrogen-bond donors (Lipinski definition) is 2. The fourth-order valence-electron chi connectivity index (χ4n) is 1.43. The molecular weight excluding hydrogens is 254 g/mol. The average molecular weight is 266 g/mol. The van der Waals surface area contributed by atoms with Crippen LogP contribution in [0.1, 0.15) is 0 Å². The van der Waals surface area contributed by atoms with Crippen molar-refractivity contribution in [3.05, 3.63) is 36.0 Å². The van der Waals surface area contributed by atoms with Crippen LogP contribution in [-0.2, 0) is 0 Å². The third kappa shape index (κ3) is 2.87. The molecule has 0 fully saturated rings. The Morgan fingerprint density at radius 3 is 2.68 bits per heavy atom. The summed E-state index contributed by atoms with van der Waals surface area (Å²) >= 11 is 0. The summed E-state index contributed by atoms with van der Waals surface area (Å²) in [6.45, 7) is 0. The van der Waals surface area contributed by atoms with E-state index in [-0.39, 0.29) is 17.5 Å². The van der Waals surface area contributed by atoms with Crippen molar-refractivity contribution in [2.75, 3.05) is 24.8 Å². The molecule has 0 aliphatic heterocycles. The smallest absolute Gasteiger partial charge is 0.224 e. The first-order chi connectivity index (χ1) is 9.13. The van der Waals surface area contributed by atoms with E-state index in [0.29, 0.717) is 5.75 Å². The summed E-state index contributed by atoms with van der Waals surface area (Å²) in [5.41, 5.74) is 0.0685. The molecule has 19 heavy (non-hydrogen) atoms. The summed E-state index contributed by atoms with van der Waals surface area (Å²) in [6.07, 6.45) is 0.999. The van der Waals surface area contributed by atoms with Crippen LogP contribution in [0.5, 0.6) is 5.75 Å². The minimum Gasteiger partial charge on any atom is -0.497 e. The molecule has 0 atom stereocenters. The van der Waals surface area contributed by atoms with Gasteiger partial charge in [-0.2, -0.15) is 4.98 Å².